The second-order valence-corrected chi connectivity index (χ2v) is 7.11. The Morgan fingerprint density at radius 3 is 2.32 bits per heavy atom. The van der Waals surface area contributed by atoms with Gasteiger partial charge in [0.05, 0.1) is 23.7 Å². The van der Waals surface area contributed by atoms with Gasteiger partial charge in [-0.2, -0.15) is 0 Å². The first-order valence-electron chi connectivity index (χ1n) is 9.88. The molecule has 2 N–H and O–H groups in total. The molecular formula is C24H24FNO5. The minimum absolute atomic E-state index is 0.0477. The van der Waals surface area contributed by atoms with Gasteiger partial charge in [0.2, 0.25) is 0 Å². The number of carbonyl (C=O) groups excluding carboxylic acids is 1. The molecule has 31 heavy (non-hydrogen) atoms. The van der Waals surface area contributed by atoms with Crippen molar-refractivity contribution >= 4 is 11.9 Å². The summed E-state index contributed by atoms with van der Waals surface area (Å²) >= 11 is 0. The Balaban J connectivity index is 2.06. The third-order valence-electron chi connectivity index (χ3n) is 5.02. The Morgan fingerprint density at radius 2 is 1.68 bits per heavy atom. The predicted molar refractivity (Wildman–Crippen MR) is 113 cm³/mol. The molecule has 0 saturated heterocycles. The van der Waals surface area contributed by atoms with Crippen LogP contribution in [0.5, 0.6) is 5.75 Å². The van der Waals surface area contributed by atoms with E-state index >= 15 is 0 Å². The van der Waals surface area contributed by atoms with Gasteiger partial charge in [0.25, 0.3) is 0 Å². The van der Waals surface area contributed by atoms with Crippen molar-refractivity contribution in [2.24, 2.45) is 0 Å². The summed E-state index contributed by atoms with van der Waals surface area (Å²) in [6.45, 7) is 5.38. The van der Waals surface area contributed by atoms with Crippen LogP contribution in [0.25, 0.3) is 0 Å². The van der Waals surface area contributed by atoms with Crippen molar-refractivity contribution in [2.75, 3.05) is 6.61 Å². The number of hydrogen-bond donors (Lipinski definition) is 2. The zero-order chi connectivity index (χ0) is 22.5. The number of ether oxygens (including phenoxy) is 2. The normalized spacial score (nSPS) is 16.1. The second-order valence-electron chi connectivity index (χ2n) is 7.11. The van der Waals surface area contributed by atoms with Crippen molar-refractivity contribution in [1.29, 1.82) is 0 Å². The van der Waals surface area contributed by atoms with Gasteiger partial charge in [0.15, 0.2) is 0 Å². The molecule has 6 nitrogen and oxygen atoms in total. The number of aliphatic carboxylic acids is 1. The van der Waals surface area contributed by atoms with Gasteiger partial charge in [-0.3, -0.25) is 0 Å². The number of para-hydroxylation sites is 1. The summed E-state index contributed by atoms with van der Waals surface area (Å²) in [7, 11) is 0. The quantitative estimate of drug-likeness (QED) is 0.644. The zero-order valence-corrected chi connectivity index (χ0v) is 17.6. The number of hydrogen-bond acceptors (Lipinski definition) is 5. The molecule has 3 rings (SSSR count). The standard InChI is InChI=1S/C24H24FNO5/c1-4-30-24(29)21-15(3)26-14(2)20(23(27)28)22(21)18-7-5-6-8-19(18)31-13-16-9-11-17(25)12-10-16/h5-12,22,26H,4,13H2,1-3H3,(H,27,28). The Morgan fingerprint density at radius 1 is 1.03 bits per heavy atom. The fraction of sp³-hybridized carbons (Fsp3) is 0.250. The number of nitrogens with one attached hydrogen (secondary N) is 1. The molecule has 0 saturated carbocycles. The Kier molecular flexibility index (Phi) is 6.74. The molecular weight excluding hydrogens is 401 g/mol. The fourth-order valence-corrected chi connectivity index (χ4v) is 3.66. The molecule has 1 aliphatic rings. The van der Waals surface area contributed by atoms with Crippen molar-refractivity contribution in [3.05, 3.63) is 88.0 Å². The summed E-state index contributed by atoms with van der Waals surface area (Å²) in [6.07, 6.45) is 0. The van der Waals surface area contributed by atoms with Gasteiger partial charge < -0.3 is 19.9 Å². The van der Waals surface area contributed by atoms with E-state index in [1.807, 2.05) is 0 Å². The van der Waals surface area contributed by atoms with Gasteiger partial charge in [-0.15, -0.1) is 0 Å². The molecule has 7 heteroatoms. The van der Waals surface area contributed by atoms with Crippen LogP contribution in [0, 0.1) is 5.82 Å². The van der Waals surface area contributed by atoms with E-state index in [-0.39, 0.29) is 30.2 Å². The number of rotatable bonds is 7. The van der Waals surface area contributed by atoms with Crippen molar-refractivity contribution in [3.63, 3.8) is 0 Å². The average molecular weight is 425 g/mol. The molecule has 162 valence electrons. The monoisotopic (exact) mass is 425 g/mol. The van der Waals surface area contributed by atoms with E-state index in [1.54, 1.807) is 57.2 Å². The maximum atomic E-state index is 13.2. The van der Waals surface area contributed by atoms with E-state index in [0.29, 0.717) is 22.7 Å². The van der Waals surface area contributed by atoms with Crippen molar-refractivity contribution in [1.82, 2.24) is 5.32 Å². The first-order chi connectivity index (χ1) is 14.8. The van der Waals surface area contributed by atoms with Gasteiger partial charge >= 0.3 is 11.9 Å². The fourth-order valence-electron chi connectivity index (χ4n) is 3.66. The number of carboxylic acids is 1. The summed E-state index contributed by atoms with van der Waals surface area (Å²) in [5.41, 5.74) is 2.53. The van der Waals surface area contributed by atoms with E-state index in [2.05, 4.69) is 5.32 Å². The van der Waals surface area contributed by atoms with Crippen LogP contribution in [-0.4, -0.2) is 23.7 Å². The van der Waals surface area contributed by atoms with Crippen LogP contribution in [0.4, 0.5) is 4.39 Å². The van der Waals surface area contributed by atoms with Gasteiger partial charge in [-0.1, -0.05) is 30.3 Å². The summed E-state index contributed by atoms with van der Waals surface area (Å²) < 4.78 is 24.4. The van der Waals surface area contributed by atoms with Crippen molar-refractivity contribution in [3.8, 4) is 5.75 Å². The first kappa shape index (κ1) is 22.1. The summed E-state index contributed by atoms with van der Waals surface area (Å²) in [6, 6.07) is 12.9. The number of dihydropyridines is 1. The van der Waals surface area contributed by atoms with E-state index < -0.39 is 17.9 Å². The number of halogens is 1. The molecule has 1 unspecified atom stereocenters. The third-order valence-corrected chi connectivity index (χ3v) is 5.02. The van der Waals surface area contributed by atoms with Gasteiger partial charge in [0.1, 0.15) is 18.2 Å². The molecule has 0 aliphatic carbocycles. The minimum Gasteiger partial charge on any atom is -0.489 e. The molecule has 2 aromatic carbocycles. The summed E-state index contributed by atoms with van der Waals surface area (Å²) in [5.74, 6) is -2.51. The van der Waals surface area contributed by atoms with Crippen LogP contribution < -0.4 is 10.1 Å². The molecule has 1 atom stereocenters. The van der Waals surface area contributed by atoms with Crippen LogP contribution >= 0.6 is 0 Å². The number of carboxylic acid groups (broad SMARTS) is 1. The smallest absolute Gasteiger partial charge is 0.336 e. The largest absolute Gasteiger partial charge is 0.489 e. The Hall–Kier alpha value is -3.61. The molecule has 2 aromatic rings. The maximum absolute atomic E-state index is 13.2. The van der Waals surface area contributed by atoms with Crippen LogP contribution in [-0.2, 0) is 20.9 Å². The maximum Gasteiger partial charge on any atom is 0.336 e. The van der Waals surface area contributed by atoms with Crippen molar-refractivity contribution < 1.29 is 28.6 Å². The SMILES string of the molecule is CCOC(=O)C1=C(C)NC(C)=C(C(=O)O)C1c1ccccc1OCc1ccc(F)cc1. The molecule has 0 fully saturated rings. The molecule has 0 aromatic heterocycles. The van der Waals surface area contributed by atoms with Gasteiger partial charge in [-0.05, 0) is 44.5 Å². The highest BCUT2D eigenvalue weighted by molar-refractivity contribution is 5.99. The lowest BCUT2D eigenvalue weighted by Crippen LogP contribution is -2.32. The van der Waals surface area contributed by atoms with E-state index in [1.165, 1.54) is 12.1 Å². The highest BCUT2D eigenvalue weighted by Crippen LogP contribution is 2.42. The number of allylic oxidation sites excluding steroid dienone is 2. The number of benzene rings is 2. The van der Waals surface area contributed by atoms with E-state index in [0.717, 1.165) is 5.56 Å². The molecule has 1 heterocycles. The predicted octanol–water partition coefficient (Wildman–Crippen LogP) is 4.29. The van der Waals surface area contributed by atoms with Crippen LogP contribution in [0.2, 0.25) is 0 Å². The summed E-state index contributed by atoms with van der Waals surface area (Å²) in [4.78, 5) is 24.9. The average Bonchev–Trinajstić information content (AvgIpc) is 2.72. The van der Waals surface area contributed by atoms with Crippen molar-refractivity contribution in [2.45, 2.75) is 33.3 Å². The highest BCUT2D eigenvalue weighted by atomic mass is 19.1. The number of carbonyl (C=O) groups is 2. The van der Waals surface area contributed by atoms with Gasteiger partial charge in [-0.25, -0.2) is 14.0 Å². The summed E-state index contributed by atoms with van der Waals surface area (Å²) in [5, 5.41) is 12.9. The van der Waals surface area contributed by atoms with Crippen LogP contribution in [0.3, 0.4) is 0 Å². The van der Waals surface area contributed by atoms with E-state index in [9.17, 15) is 19.1 Å². The molecule has 0 radical (unpaired) electrons. The topological polar surface area (TPSA) is 84.9 Å². The Bertz CT molecular complexity index is 1060. The molecule has 0 spiro atoms. The number of esters is 1. The first-order valence-corrected chi connectivity index (χ1v) is 9.88. The lowest BCUT2D eigenvalue weighted by Gasteiger charge is -2.30. The van der Waals surface area contributed by atoms with E-state index in [4.69, 9.17) is 9.47 Å². The lowest BCUT2D eigenvalue weighted by molar-refractivity contribution is -0.138. The third kappa shape index (κ3) is 4.77. The zero-order valence-electron chi connectivity index (χ0n) is 17.6. The Labute approximate surface area is 180 Å². The van der Waals surface area contributed by atoms with Crippen LogP contribution in [0.1, 0.15) is 37.8 Å². The molecule has 0 amide bonds. The molecule has 1 aliphatic heterocycles. The lowest BCUT2D eigenvalue weighted by atomic mass is 9.80. The highest BCUT2D eigenvalue weighted by Gasteiger charge is 2.38. The minimum atomic E-state index is -1.14. The second kappa shape index (κ2) is 9.47. The molecule has 0 bridgehead atoms. The van der Waals surface area contributed by atoms with Gasteiger partial charge in [0, 0.05) is 17.0 Å². The van der Waals surface area contributed by atoms with Crippen LogP contribution in [0.15, 0.2) is 71.1 Å².